The van der Waals surface area contributed by atoms with Gasteiger partial charge in [0.1, 0.15) is 0 Å². The Morgan fingerprint density at radius 3 is 2.65 bits per heavy atom. The highest BCUT2D eigenvalue weighted by atomic mass is 31.2. The van der Waals surface area contributed by atoms with E-state index < -0.39 is 7.60 Å². The SMILES string of the molecule is O=P(O)(O)CCC1CC(OC2CCCCO2)C1. The second kappa shape index (κ2) is 5.81. The van der Waals surface area contributed by atoms with Gasteiger partial charge in [0.05, 0.1) is 12.3 Å². The van der Waals surface area contributed by atoms with Gasteiger partial charge in [-0.3, -0.25) is 4.57 Å². The van der Waals surface area contributed by atoms with Crippen molar-refractivity contribution in [2.45, 2.75) is 50.9 Å². The van der Waals surface area contributed by atoms with E-state index in [9.17, 15) is 4.57 Å². The monoisotopic (exact) mass is 264 g/mol. The molecule has 1 aliphatic carbocycles. The third-order valence-electron chi connectivity index (χ3n) is 3.50. The van der Waals surface area contributed by atoms with Crippen molar-refractivity contribution in [2.24, 2.45) is 5.92 Å². The van der Waals surface area contributed by atoms with Crippen LogP contribution in [0.15, 0.2) is 0 Å². The number of hydrogen-bond donors (Lipinski definition) is 2. The minimum atomic E-state index is -3.82. The van der Waals surface area contributed by atoms with Crippen LogP contribution < -0.4 is 0 Å². The standard InChI is InChI=1S/C11H21O5P/c12-17(13,14)6-4-9-7-10(8-9)16-11-3-1-2-5-15-11/h9-11H,1-8H2,(H2,12,13,14). The van der Waals surface area contributed by atoms with E-state index in [2.05, 4.69) is 0 Å². The molecule has 5 nitrogen and oxygen atoms in total. The molecular weight excluding hydrogens is 243 g/mol. The van der Waals surface area contributed by atoms with E-state index in [4.69, 9.17) is 19.3 Å². The Kier molecular flexibility index (Phi) is 4.61. The first-order chi connectivity index (χ1) is 8.03. The summed E-state index contributed by atoms with van der Waals surface area (Å²) in [5, 5.41) is 0. The van der Waals surface area contributed by atoms with E-state index in [1.165, 1.54) is 6.42 Å². The third-order valence-corrected chi connectivity index (χ3v) is 4.34. The number of hydrogen-bond acceptors (Lipinski definition) is 3. The molecule has 0 aromatic carbocycles. The van der Waals surface area contributed by atoms with E-state index >= 15 is 0 Å². The smallest absolute Gasteiger partial charge is 0.325 e. The van der Waals surface area contributed by atoms with Gasteiger partial charge < -0.3 is 19.3 Å². The molecular formula is C11H21O5P. The molecule has 0 spiro atoms. The molecule has 6 heteroatoms. The lowest BCUT2D eigenvalue weighted by Gasteiger charge is -2.38. The maximum absolute atomic E-state index is 10.7. The fraction of sp³-hybridized carbons (Fsp3) is 1.00. The molecule has 0 bridgehead atoms. The summed E-state index contributed by atoms with van der Waals surface area (Å²) >= 11 is 0. The van der Waals surface area contributed by atoms with Crippen LogP contribution in [0.5, 0.6) is 0 Å². The zero-order chi connectivity index (χ0) is 12.3. The quantitative estimate of drug-likeness (QED) is 0.741. The molecule has 1 saturated heterocycles. The van der Waals surface area contributed by atoms with Crippen LogP contribution in [0.3, 0.4) is 0 Å². The zero-order valence-electron chi connectivity index (χ0n) is 9.96. The molecule has 0 aromatic heterocycles. The molecule has 1 saturated carbocycles. The highest BCUT2D eigenvalue weighted by Crippen LogP contribution is 2.41. The van der Waals surface area contributed by atoms with E-state index in [1.54, 1.807) is 0 Å². The van der Waals surface area contributed by atoms with Crippen LogP contribution in [-0.4, -0.2) is 34.9 Å². The van der Waals surface area contributed by atoms with Gasteiger partial charge in [-0.25, -0.2) is 0 Å². The Morgan fingerprint density at radius 1 is 1.29 bits per heavy atom. The first-order valence-electron chi connectivity index (χ1n) is 6.34. The predicted molar refractivity (Wildman–Crippen MR) is 62.7 cm³/mol. The molecule has 2 aliphatic rings. The van der Waals surface area contributed by atoms with Crippen LogP contribution in [0.4, 0.5) is 0 Å². The molecule has 0 amide bonds. The van der Waals surface area contributed by atoms with Crippen molar-refractivity contribution in [3.8, 4) is 0 Å². The first-order valence-corrected chi connectivity index (χ1v) is 8.14. The molecule has 2 rings (SSSR count). The van der Waals surface area contributed by atoms with Gasteiger partial charge in [-0.2, -0.15) is 0 Å². The Labute approximate surface area is 102 Å². The Bertz CT molecular complexity index is 278. The minimum Gasteiger partial charge on any atom is -0.353 e. The van der Waals surface area contributed by atoms with Gasteiger partial charge in [-0.05, 0) is 44.4 Å². The Balaban J connectivity index is 1.57. The maximum atomic E-state index is 10.7. The average Bonchev–Trinajstić information content (AvgIpc) is 2.21. The van der Waals surface area contributed by atoms with Crippen molar-refractivity contribution in [3.05, 3.63) is 0 Å². The summed E-state index contributed by atoms with van der Waals surface area (Å²) in [4.78, 5) is 17.5. The Morgan fingerprint density at radius 2 is 2.06 bits per heavy atom. The van der Waals surface area contributed by atoms with Crippen molar-refractivity contribution >= 4 is 7.60 Å². The number of rotatable bonds is 5. The van der Waals surface area contributed by atoms with Crippen molar-refractivity contribution in [1.29, 1.82) is 0 Å². The Hall–Kier alpha value is 0.0700. The van der Waals surface area contributed by atoms with E-state index in [-0.39, 0.29) is 18.6 Å². The molecule has 2 N–H and O–H groups in total. The topological polar surface area (TPSA) is 76.0 Å². The van der Waals surface area contributed by atoms with Crippen LogP contribution in [0.1, 0.15) is 38.5 Å². The lowest BCUT2D eigenvalue weighted by atomic mass is 9.80. The van der Waals surface area contributed by atoms with Gasteiger partial charge in [0.25, 0.3) is 0 Å². The van der Waals surface area contributed by atoms with Crippen LogP contribution >= 0.6 is 7.60 Å². The van der Waals surface area contributed by atoms with Gasteiger partial charge in [-0.1, -0.05) is 0 Å². The summed E-state index contributed by atoms with van der Waals surface area (Å²) < 4.78 is 22.0. The third kappa shape index (κ3) is 4.68. The van der Waals surface area contributed by atoms with Gasteiger partial charge in [0, 0.05) is 6.61 Å². The first kappa shape index (κ1) is 13.5. The van der Waals surface area contributed by atoms with Crippen molar-refractivity contribution in [3.63, 3.8) is 0 Å². The second-order valence-corrected chi connectivity index (χ2v) is 6.85. The highest BCUT2D eigenvalue weighted by molar-refractivity contribution is 7.51. The summed E-state index contributed by atoms with van der Waals surface area (Å²) in [6, 6.07) is 0. The summed E-state index contributed by atoms with van der Waals surface area (Å²) in [5.41, 5.74) is 0. The molecule has 1 atom stereocenters. The van der Waals surface area contributed by atoms with Gasteiger partial charge >= 0.3 is 7.60 Å². The summed E-state index contributed by atoms with van der Waals surface area (Å²) in [5.74, 6) is 0.413. The molecule has 17 heavy (non-hydrogen) atoms. The van der Waals surface area contributed by atoms with Crippen LogP contribution in [0, 0.1) is 5.92 Å². The normalized spacial score (nSPS) is 34.4. The summed E-state index contributed by atoms with van der Waals surface area (Å²) in [7, 11) is -3.82. The van der Waals surface area contributed by atoms with E-state index in [1.807, 2.05) is 0 Å². The second-order valence-electron chi connectivity index (χ2n) is 5.07. The maximum Gasteiger partial charge on any atom is 0.325 e. The molecule has 0 radical (unpaired) electrons. The van der Waals surface area contributed by atoms with Gasteiger partial charge in [-0.15, -0.1) is 0 Å². The van der Waals surface area contributed by atoms with Gasteiger partial charge in [0.2, 0.25) is 0 Å². The van der Waals surface area contributed by atoms with E-state index in [0.717, 1.165) is 32.3 Å². The average molecular weight is 264 g/mol. The van der Waals surface area contributed by atoms with Crippen LogP contribution in [0.25, 0.3) is 0 Å². The van der Waals surface area contributed by atoms with Crippen LogP contribution in [-0.2, 0) is 14.0 Å². The molecule has 2 fully saturated rings. The zero-order valence-corrected chi connectivity index (χ0v) is 10.8. The largest absolute Gasteiger partial charge is 0.353 e. The lowest BCUT2D eigenvalue weighted by molar-refractivity contribution is -0.209. The molecule has 100 valence electrons. The predicted octanol–water partition coefficient (Wildman–Crippen LogP) is 1.88. The van der Waals surface area contributed by atoms with Crippen molar-refractivity contribution in [2.75, 3.05) is 12.8 Å². The molecule has 1 heterocycles. The lowest BCUT2D eigenvalue weighted by Crippen LogP contribution is -2.37. The molecule has 0 aromatic rings. The fourth-order valence-corrected chi connectivity index (χ4v) is 3.11. The summed E-state index contributed by atoms with van der Waals surface area (Å²) in [6.07, 6.45) is 5.90. The molecule has 1 aliphatic heterocycles. The van der Waals surface area contributed by atoms with E-state index in [0.29, 0.717) is 12.3 Å². The summed E-state index contributed by atoms with van der Waals surface area (Å²) in [6.45, 7) is 0.791. The molecule has 1 unspecified atom stereocenters. The van der Waals surface area contributed by atoms with Gasteiger partial charge in [0.15, 0.2) is 6.29 Å². The number of ether oxygens (including phenoxy) is 2. The highest BCUT2D eigenvalue weighted by Gasteiger charge is 2.33. The van der Waals surface area contributed by atoms with Crippen molar-refractivity contribution < 1.29 is 23.8 Å². The van der Waals surface area contributed by atoms with Crippen LogP contribution in [0.2, 0.25) is 0 Å². The van der Waals surface area contributed by atoms with Crippen molar-refractivity contribution in [1.82, 2.24) is 0 Å². The minimum absolute atomic E-state index is 0.00428. The fourth-order valence-electron chi connectivity index (χ4n) is 2.41.